The van der Waals surface area contributed by atoms with E-state index < -0.39 is 29.7 Å². The molecule has 20 heavy (non-hydrogen) atoms. The topological polar surface area (TPSA) is 104 Å². The minimum Gasteiger partial charge on any atom is -0.481 e. The fraction of sp³-hybridized carbons (Fsp3) is 0.308. The lowest BCUT2D eigenvalue weighted by Crippen LogP contribution is -2.41. The standard InChI is InChI=1S/C13H14FNO5/c1-7-2-3-8(14)6-9(7)12(18)15-10(13(19)20)4-5-11(16)17/h2-3,6,10H,4-5H2,1H3,(H,15,18)(H,16,17)(H,19,20). The molecule has 6 nitrogen and oxygen atoms in total. The molecule has 0 heterocycles. The Morgan fingerprint density at radius 3 is 2.50 bits per heavy atom. The predicted molar refractivity (Wildman–Crippen MR) is 66.9 cm³/mol. The lowest BCUT2D eigenvalue weighted by Gasteiger charge is -2.14. The molecule has 0 aliphatic heterocycles. The number of hydrogen-bond donors (Lipinski definition) is 3. The summed E-state index contributed by atoms with van der Waals surface area (Å²) < 4.78 is 13.1. The zero-order valence-electron chi connectivity index (χ0n) is 10.7. The first kappa shape index (κ1) is 15.6. The van der Waals surface area contributed by atoms with Crippen molar-refractivity contribution in [1.82, 2.24) is 5.32 Å². The Bertz CT molecular complexity index is 544. The third kappa shape index (κ3) is 4.34. The summed E-state index contributed by atoms with van der Waals surface area (Å²) in [5.41, 5.74) is 0.512. The van der Waals surface area contributed by atoms with Crippen LogP contribution in [0.3, 0.4) is 0 Å². The van der Waals surface area contributed by atoms with Crippen molar-refractivity contribution >= 4 is 17.8 Å². The molecule has 0 aromatic heterocycles. The van der Waals surface area contributed by atoms with Gasteiger partial charge in [0.1, 0.15) is 11.9 Å². The van der Waals surface area contributed by atoms with Gasteiger partial charge in [0.15, 0.2) is 0 Å². The summed E-state index contributed by atoms with van der Waals surface area (Å²) in [6, 6.07) is 2.25. The molecule has 0 aliphatic carbocycles. The van der Waals surface area contributed by atoms with Crippen molar-refractivity contribution in [1.29, 1.82) is 0 Å². The van der Waals surface area contributed by atoms with Crippen LogP contribution in [0.1, 0.15) is 28.8 Å². The van der Waals surface area contributed by atoms with Crippen molar-refractivity contribution in [2.24, 2.45) is 0 Å². The fourth-order valence-corrected chi connectivity index (χ4v) is 1.60. The Hall–Kier alpha value is -2.44. The van der Waals surface area contributed by atoms with Crippen molar-refractivity contribution in [2.75, 3.05) is 0 Å². The van der Waals surface area contributed by atoms with Gasteiger partial charge in [-0.05, 0) is 31.0 Å². The quantitative estimate of drug-likeness (QED) is 0.727. The van der Waals surface area contributed by atoms with Crippen LogP contribution in [0, 0.1) is 12.7 Å². The van der Waals surface area contributed by atoms with E-state index in [0.29, 0.717) is 5.56 Å². The molecule has 1 amide bonds. The van der Waals surface area contributed by atoms with Crippen LogP contribution in [-0.4, -0.2) is 34.1 Å². The van der Waals surface area contributed by atoms with Crippen LogP contribution in [0.15, 0.2) is 18.2 Å². The van der Waals surface area contributed by atoms with Crippen LogP contribution in [0.4, 0.5) is 4.39 Å². The van der Waals surface area contributed by atoms with Gasteiger partial charge in [-0.15, -0.1) is 0 Å². The molecular weight excluding hydrogens is 269 g/mol. The molecular formula is C13H14FNO5. The molecule has 3 N–H and O–H groups in total. The average molecular weight is 283 g/mol. The van der Waals surface area contributed by atoms with Gasteiger partial charge in [-0.2, -0.15) is 0 Å². The summed E-state index contributed by atoms with van der Waals surface area (Å²) in [6.45, 7) is 1.58. The van der Waals surface area contributed by atoms with Gasteiger partial charge in [-0.3, -0.25) is 9.59 Å². The first-order valence-corrected chi connectivity index (χ1v) is 5.83. The summed E-state index contributed by atoms with van der Waals surface area (Å²) in [5.74, 6) is -3.86. The van der Waals surface area contributed by atoms with Gasteiger partial charge in [0, 0.05) is 12.0 Å². The van der Waals surface area contributed by atoms with Crippen molar-refractivity contribution < 1.29 is 29.0 Å². The zero-order chi connectivity index (χ0) is 15.3. The summed E-state index contributed by atoms with van der Waals surface area (Å²) in [4.78, 5) is 33.3. The maximum Gasteiger partial charge on any atom is 0.326 e. The highest BCUT2D eigenvalue weighted by Crippen LogP contribution is 2.11. The number of carboxylic acids is 2. The van der Waals surface area contributed by atoms with Gasteiger partial charge < -0.3 is 15.5 Å². The van der Waals surface area contributed by atoms with Crippen LogP contribution >= 0.6 is 0 Å². The third-order valence-electron chi connectivity index (χ3n) is 2.69. The molecule has 7 heteroatoms. The summed E-state index contributed by atoms with van der Waals surface area (Å²) in [5, 5.41) is 19.6. The molecule has 1 rings (SSSR count). The van der Waals surface area contributed by atoms with Crippen LogP contribution in [0.5, 0.6) is 0 Å². The number of carbonyl (C=O) groups excluding carboxylic acids is 1. The van der Waals surface area contributed by atoms with E-state index in [-0.39, 0.29) is 18.4 Å². The molecule has 1 atom stereocenters. The largest absolute Gasteiger partial charge is 0.481 e. The Morgan fingerprint density at radius 1 is 1.30 bits per heavy atom. The molecule has 0 radical (unpaired) electrons. The van der Waals surface area contributed by atoms with E-state index in [9.17, 15) is 18.8 Å². The Kier molecular flexibility index (Phi) is 5.19. The third-order valence-corrected chi connectivity index (χ3v) is 2.69. The van der Waals surface area contributed by atoms with E-state index in [2.05, 4.69) is 5.32 Å². The van der Waals surface area contributed by atoms with Crippen molar-refractivity contribution in [3.8, 4) is 0 Å². The molecule has 0 spiro atoms. The van der Waals surface area contributed by atoms with E-state index in [1.54, 1.807) is 6.92 Å². The minimum atomic E-state index is -1.34. The number of nitrogens with one attached hydrogen (secondary N) is 1. The van der Waals surface area contributed by atoms with Crippen molar-refractivity contribution in [3.63, 3.8) is 0 Å². The molecule has 0 fully saturated rings. The van der Waals surface area contributed by atoms with Gasteiger partial charge >= 0.3 is 11.9 Å². The van der Waals surface area contributed by atoms with Crippen LogP contribution in [-0.2, 0) is 9.59 Å². The van der Waals surface area contributed by atoms with E-state index >= 15 is 0 Å². The second-order valence-corrected chi connectivity index (χ2v) is 4.26. The fourth-order valence-electron chi connectivity index (χ4n) is 1.60. The highest BCUT2D eigenvalue weighted by molar-refractivity contribution is 5.97. The lowest BCUT2D eigenvalue weighted by molar-refractivity contribution is -0.140. The number of benzene rings is 1. The molecule has 108 valence electrons. The predicted octanol–water partition coefficient (Wildman–Crippen LogP) is 1.18. The Morgan fingerprint density at radius 2 is 1.95 bits per heavy atom. The Balaban J connectivity index is 2.82. The number of halogens is 1. The number of aryl methyl sites for hydroxylation is 1. The van der Waals surface area contributed by atoms with E-state index in [0.717, 1.165) is 6.07 Å². The van der Waals surface area contributed by atoms with Gasteiger partial charge in [-0.25, -0.2) is 9.18 Å². The number of amides is 1. The second-order valence-electron chi connectivity index (χ2n) is 4.26. The molecule has 1 unspecified atom stereocenters. The van der Waals surface area contributed by atoms with Crippen LogP contribution < -0.4 is 5.32 Å². The zero-order valence-corrected chi connectivity index (χ0v) is 10.7. The highest BCUT2D eigenvalue weighted by Gasteiger charge is 2.22. The monoisotopic (exact) mass is 283 g/mol. The number of carboxylic acid groups (broad SMARTS) is 2. The summed E-state index contributed by atoms with van der Waals surface area (Å²) in [6.07, 6.45) is -0.635. The van der Waals surface area contributed by atoms with E-state index in [1.165, 1.54) is 12.1 Å². The first-order valence-electron chi connectivity index (χ1n) is 5.83. The molecule has 1 aromatic rings. The smallest absolute Gasteiger partial charge is 0.326 e. The normalized spacial score (nSPS) is 11.7. The molecule has 1 aromatic carbocycles. The van der Waals surface area contributed by atoms with Crippen LogP contribution in [0.25, 0.3) is 0 Å². The molecule has 0 bridgehead atoms. The maximum atomic E-state index is 13.1. The molecule has 0 aliphatic rings. The number of hydrogen-bond acceptors (Lipinski definition) is 3. The van der Waals surface area contributed by atoms with E-state index in [4.69, 9.17) is 10.2 Å². The SMILES string of the molecule is Cc1ccc(F)cc1C(=O)NC(CCC(=O)O)C(=O)O. The summed E-state index contributed by atoms with van der Waals surface area (Å²) in [7, 11) is 0. The van der Waals surface area contributed by atoms with E-state index in [1.807, 2.05) is 0 Å². The van der Waals surface area contributed by atoms with Gasteiger partial charge in [-0.1, -0.05) is 6.07 Å². The molecule has 0 saturated heterocycles. The number of aliphatic carboxylic acids is 2. The number of rotatable bonds is 6. The second kappa shape index (κ2) is 6.65. The highest BCUT2D eigenvalue weighted by atomic mass is 19.1. The van der Waals surface area contributed by atoms with Gasteiger partial charge in [0.25, 0.3) is 5.91 Å². The van der Waals surface area contributed by atoms with Crippen LogP contribution in [0.2, 0.25) is 0 Å². The number of carbonyl (C=O) groups is 3. The van der Waals surface area contributed by atoms with Crippen molar-refractivity contribution in [2.45, 2.75) is 25.8 Å². The first-order chi connectivity index (χ1) is 9.31. The Labute approximate surface area is 114 Å². The average Bonchev–Trinajstić information content (AvgIpc) is 2.36. The van der Waals surface area contributed by atoms with Crippen molar-refractivity contribution in [3.05, 3.63) is 35.1 Å². The lowest BCUT2D eigenvalue weighted by atomic mass is 10.1. The van der Waals surface area contributed by atoms with Gasteiger partial charge in [0.05, 0.1) is 0 Å². The maximum absolute atomic E-state index is 13.1. The molecule has 0 saturated carbocycles. The minimum absolute atomic E-state index is 0.0200. The summed E-state index contributed by atoms with van der Waals surface area (Å²) >= 11 is 0. The van der Waals surface area contributed by atoms with Gasteiger partial charge in [0.2, 0.25) is 0 Å².